The van der Waals surface area contributed by atoms with E-state index in [1.54, 1.807) is 7.11 Å². The quantitative estimate of drug-likeness (QED) is 0.649. The van der Waals surface area contributed by atoms with Crippen LogP contribution in [0.1, 0.15) is 40.5 Å². The molecule has 0 aromatic rings. The lowest BCUT2D eigenvalue weighted by Crippen LogP contribution is -2.26. The fourth-order valence-corrected chi connectivity index (χ4v) is 1.94. The zero-order chi connectivity index (χ0) is 11.1. The van der Waals surface area contributed by atoms with Gasteiger partial charge in [-0.15, -0.1) is 0 Å². The predicted octanol–water partition coefficient (Wildman–Crippen LogP) is 3.96. The fourth-order valence-electron chi connectivity index (χ4n) is 1.94. The van der Waals surface area contributed by atoms with Crippen molar-refractivity contribution >= 4 is 0 Å². The highest BCUT2D eigenvalue weighted by Gasteiger charge is 2.24. The van der Waals surface area contributed by atoms with Gasteiger partial charge in [-0.3, -0.25) is 0 Å². The Labute approximate surface area is 88.9 Å². The molecular weight excluding hydrogens is 172 g/mol. The van der Waals surface area contributed by atoms with E-state index in [9.17, 15) is 0 Å². The van der Waals surface area contributed by atoms with Gasteiger partial charge in [-0.2, -0.15) is 0 Å². The molecule has 0 fully saturated rings. The van der Waals surface area contributed by atoms with Gasteiger partial charge in [0, 0.05) is 7.11 Å². The van der Waals surface area contributed by atoms with Crippen molar-refractivity contribution in [1.29, 1.82) is 0 Å². The zero-order valence-corrected chi connectivity index (χ0v) is 10.3. The van der Waals surface area contributed by atoms with Crippen molar-refractivity contribution in [2.45, 2.75) is 46.6 Å². The van der Waals surface area contributed by atoms with Crippen LogP contribution in [0.25, 0.3) is 0 Å². The summed E-state index contributed by atoms with van der Waals surface area (Å²) in [4.78, 5) is 0. The first kappa shape index (κ1) is 13.4. The second-order valence-electron chi connectivity index (χ2n) is 3.61. The molecule has 1 nitrogen and oxygen atoms in total. The van der Waals surface area contributed by atoms with Crippen molar-refractivity contribution in [1.82, 2.24) is 0 Å². The van der Waals surface area contributed by atoms with E-state index >= 15 is 0 Å². The van der Waals surface area contributed by atoms with Crippen LogP contribution in [0.4, 0.5) is 0 Å². The SMILES string of the molecule is C=CC1=C(C)CCC(C)C1OC.CC. The van der Waals surface area contributed by atoms with Gasteiger partial charge in [0.1, 0.15) is 0 Å². The molecule has 1 aliphatic rings. The van der Waals surface area contributed by atoms with Crippen molar-refractivity contribution in [3.8, 4) is 0 Å². The summed E-state index contributed by atoms with van der Waals surface area (Å²) in [7, 11) is 1.78. The lowest BCUT2D eigenvalue weighted by Gasteiger charge is -2.30. The van der Waals surface area contributed by atoms with E-state index in [0.717, 1.165) is 0 Å². The Morgan fingerprint density at radius 1 is 1.43 bits per heavy atom. The van der Waals surface area contributed by atoms with Gasteiger partial charge in [0.15, 0.2) is 0 Å². The Kier molecular flexibility index (Phi) is 6.56. The monoisotopic (exact) mass is 196 g/mol. The highest BCUT2D eigenvalue weighted by atomic mass is 16.5. The Morgan fingerprint density at radius 3 is 2.36 bits per heavy atom. The molecule has 1 rings (SSSR count). The van der Waals surface area contributed by atoms with E-state index in [1.165, 1.54) is 24.0 Å². The summed E-state index contributed by atoms with van der Waals surface area (Å²) in [5.41, 5.74) is 2.74. The molecule has 0 heterocycles. The standard InChI is InChI=1S/C11H18O.C2H6/c1-5-10-8(2)6-7-9(3)11(10)12-4;1-2/h5,9,11H,1,6-7H2,2-4H3;1-2H3. The number of hydrogen-bond donors (Lipinski definition) is 0. The maximum Gasteiger partial charge on any atom is 0.0846 e. The van der Waals surface area contributed by atoms with E-state index in [2.05, 4.69) is 20.4 Å². The summed E-state index contributed by atoms with van der Waals surface area (Å²) in [5, 5.41) is 0. The van der Waals surface area contributed by atoms with Gasteiger partial charge in [-0.1, -0.05) is 39.0 Å². The molecule has 14 heavy (non-hydrogen) atoms. The maximum absolute atomic E-state index is 5.45. The molecule has 0 aliphatic heterocycles. The molecule has 1 heteroatoms. The van der Waals surface area contributed by atoms with Gasteiger partial charge in [0.25, 0.3) is 0 Å². The molecule has 0 aromatic heterocycles. The first-order valence-electron chi connectivity index (χ1n) is 5.55. The number of rotatable bonds is 2. The molecule has 0 bridgehead atoms. The molecular formula is C13H24O. The third-order valence-electron chi connectivity index (χ3n) is 2.76. The van der Waals surface area contributed by atoms with Crippen LogP contribution in [0.3, 0.4) is 0 Å². The van der Waals surface area contributed by atoms with Gasteiger partial charge < -0.3 is 4.74 Å². The molecule has 0 saturated heterocycles. The average Bonchev–Trinajstić information content (AvgIpc) is 2.24. The van der Waals surface area contributed by atoms with Crippen molar-refractivity contribution < 1.29 is 4.74 Å². The molecule has 0 N–H and O–H groups in total. The average molecular weight is 196 g/mol. The molecule has 0 saturated carbocycles. The minimum Gasteiger partial charge on any atom is -0.376 e. The molecule has 1 aliphatic carbocycles. The van der Waals surface area contributed by atoms with Crippen LogP contribution in [-0.4, -0.2) is 13.2 Å². The first-order valence-corrected chi connectivity index (χ1v) is 5.55. The lowest BCUT2D eigenvalue weighted by molar-refractivity contribution is 0.0798. The number of hydrogen-bond acceptors (Lipinski definition) is 1. The van der Waals surface area contributed by atoms with Crippen LogP contribution in [0.5, 0.6) is 0 Å². The Balaban J connectivity index is 0.000000791. The molecule has 0 spiro atoms. The van der Waals surface area contributed by atoms with E-state index in [4.69, 9.17) is 4.74 Å². The molecule has 82 valence electrons. The Morgan fingerprint density at radius 2 is 2.00 bits per heavy atom. The minimum atomic E-state index is 0.274. The van der Waals surface area contributed by atoms with Crippen LogP contribution < -0.4 is 0 Å². The van der Waals surface area contributed by atoms with Crippen LogP contribution >= 0.6 is 0 Å². The summed E-state index contributed by atoms with van der Waals surface area (Å²) in [6.07, 6.45) is 4.65. The number of allylic oxidation sites excluding steroid dienone is 1. The summed E-state index contributed by atoms with van der Waals surface area (Å²) < 4.78 is 5.45. The molecule has 2 atom stereocenters. The lowest BCUT2D eigenvalue weighted by atomic mass is 9.83. The van der Waals surface area contributed by atoms with Crippen LogP contribution in [-0.2, 0) is 4.74 Å². The van der Waals surface area contributed by atoms with Crippen molar-refractivity contribution in [2.24, 2.45) is 5.92 Å². The second-order valence-corrected chi connectivity index (χ2v) is 3.61. The third-order valence-corrected chi connectivity index (χ3v) is 2.76. The number of ether oxygens (including phenoxy) is 1. The largest absolute Gasteiger partial charge is 0.376 e. The highest BCUT2D eigenvalue weighted by Crippen LogP contribution is 2.31. The van der Waals surface area contributed by atoms with E-state index in [1.807, 2.05) is 19.9 Å². The Bertz CT molecular complexity index is 203. The third kappa shape index (κ3) is 2.98. The van der Waals surface area contributed by atoms with Crippen LogP contribution in [0.2, 0.25) is 0 Å². The molecule has 2 unspecified atom stereocenters. The van der Waals surface area contributed by atoms with Crippen molar-refractivity contribution in [3.63, 3.8) is 0 Å². The molecule has 0 radical (unpaired) electrons. The van der Waals surface area contributed by atoms with Gasteiger partial charge in [-0.05, 0) is 31.3 Å². The molecule has 0 aromatic carbocycles. The fraction of sp³-hybridized carbons (Fsp3) is 0.692. The summed E-state index contributed by atoms with van der Waals surface area (Å²) in [6.45, 7) is 12.2. The Hall–Kier alpha value is -0.560. The van der Waals surface area contributed by atoms with Crippen molar-refractivity contribution in [3.05, 3.63) is 23.8 Å². The van der Waals surface area contributed by atoms with E-state index < -0.39 is 0 Å². The molecule has 0 amide bonds. The first-order chi connectivity index (χ1) is 6.70. The highest BCUT2D eigenvalue weighted by molar-refractivity contribution is 5.30. The van der Waals surface area contributed by atoms with Gasteiger partial charge in [0.05, 0.1) is 6.10 Å². The predicted molar refractivity (Wildman–Crippen MR) is 63.4 cm³/mol. The zero-order valence-electron chi connectivity index (χ0n) is 10.3. The smallest absolute Gasteiger partial charge is 0.0846 e. The normalized spacial score (nSPS) is 26.6. The van der Waals surface area contributed by atoms with Gasteiger partial charge in [0.2, 0.25) is 0 Å². The van der Waals surface area contributed by atoms with E-state index in [-0.39, 0.29) is 6.10 Å². The maximum atomic E-state index is 5.45. The van der Waals surface area contributed by atoms with Gasteiger partial charge >= 0.3 is 0 Å². The van der Waals surface area contributed by atoms with Crippen LogP contribution in [0, 0.1) is 5.92 Å². The minimum absolute atomic E-state index is 0.274. The van der Waals surface area contributed by atoms with Crippen LogP contribution in [0.15, 0.2) is 23.8 Å². The van der Waals surface area contributed by atoms with Crippen molar-refractivity contribution in [2.75, 3.05) is 7.11 Å². The summed E-state index contributed by atoms with van der Waals surface area (Å²) >= 11 is 0. The number of methoxy groups -OCH3 is 1. The summed E-state index contributed by atoms with van der Waals surface area (Å²) in [5.74, 6) is 0.631. The summed E-state index contributed by atoms with van der Waals surface area (Å²) in [6, 6.07) is 0. The topological polar surface area (TPSA) is 9.23 Å². The van der Waals surface area contributed by atoms with Gasteiger partial charge in [-0.25, -0.2) is 0 Å². The second kappa shape index (κ2) is 6.83. The van der Waals surface area contributed by atoms with E-state index in [0.29, 0.717) is 5.92 Å².